The van der Waals surface area contributed by atoms with Gasteiger partial charge in [0.25, 0.3) is 0 Å². The van der Waals surface area contributed by atoms with E-state index < -0.39 is 28.5 Å². The summed E-state index contributed by atoms with van der Waals surface area (Å²) in [6, 6.07) is 11.8. The number of hydrogen-bond acceptors (Lipinski definition) is 6. The summed E-state index contributed by atoms with van der Waals surface area (Å²) < 4.78 is 37.6. The van der Waals surface area contributed by atoms with Crippen molar-refractivity contribution in [2.75, 3.05) is 31.3 Å². The number of rotatable bonds is 12. The minimum atomic E-state index is -3.91. The van der Waals surface area contributed by atoms with Gasteiger partial charge in [-0.25, -0.2) is 8.42 Å². The Morgan fingerprint density at radius 1 is 1.08 bits per heavy atom. The molecule has 1 aliphatic carbocycles. The fraction of sp³-hybridized carbons (Fsp3) is 0.500. The zero-order valence-corrected chi connectivity index (χ0v) is 23.7. The second-order valence-electron chi connectivity index (χ2n) is 9.67. The Labute approximate surface area is 226 Å². The van der Waals surface area contributed by atoms with Gasteiger partial charge in [-0.05, 0) is 49.4 Å². The number of ether oxygens (including phenoxy) is 2. The van der Waals surface area contributed by atoms with Gasteiger partial charge in [-0.1, -0.05) is 44.0 Å². The Morgan fingerprint density at radius 2 is 1.76 bits per heavy atom. The minimum Gasteiger partial charge on any atom is -0.497 e. The molecule has 0 spiro atoms. The molecule has 1 N–H and O–H groups in total. The fourth-order valence-corrected chi connectivity index (χ4v) is 5.69. The van der Waals surface area contributed by atoms with E-state index in [2.05, 4.69) is 5.32 Å². The average molecular weight is 546 g/mol. The first kappa shape index (κ1) is 29.3. The summed E-state index contributed by atoms with van der Waals surface area (Å²) in [4.78, 5) is 28.9. The van der Waals surface area contributed by atoms with E-state index in [-0.39, 0.29) is 29.9 Å². The topological polar surface area (TPSA) is 105 Å². The molecule has 0 radical (unpaired) electrons. The molecule has 0 saturated heterocycles. The number of amides is 2. The van der Waals surface area contributed by atoms with E-state index in [1.54, 1.807) is 12.1 Å². The monoisotopic (exact) mass is 545 g/mol. The van der Waals surface area contributed by atoms with Crippen molar-refractivity contribution in [2.45, 2.75) is 64.6 Å². The summed E-state index contributed by atoms with van der Waals surface area (Å²) in [5, 5.41) is 3.11. The zero-order chi connectivity index (χ0) is 27.9. The van der Waals surface area contributed by atoms with E-state index in [1.807, 2.05) is 38.1 Å². The van der Waals surface area contributed by atoms with Gasteiger partial charge in [-0.2, -0.15) is 0 Å². The summed E-state index contributed by atoms with van der Waals surface area (Å²) >= 11 is 0. The number of anilines is 1. The molecule has 0 bridgehead atoms. The molecule has 2 aromatic carbocycles. The van der Waals surface area contributed by atoms with Crippen LogP contribution < -0.4 is 19.1 Å². The van der Waals surface area contributed by atoms with Gasteiger partial charge < -0.3 is 19.7 Å². The summed E-state index contributed by atoms with van der Waals surface area (Å²) in [5.74, 6) is -0.00953. The maximum Gasteiger partial charge on any atom is 0.244 e. The Kier molecular flexibility index (Phi) is 10.0. The first-order valence-corrected chi connectivity index (χ1v) is 14.8. The van der Waals surface area contributed by atoms with Gasteiger partial charge in [-0.3, -0.25) is 13.9 Å². The SMILES string of the molecule is CC[C@H](C(=O)NC1CCCC1)N(Cc1ccccc1C)C(=O)CN(c1cc(OC)ccc1OC)S(C)(=O)=O. The quantitative estimate of drug-likeness (QED) is 0.437. The average Bonchev–Trinajstić information content (AvgIpc) is 3.40. The number of carbonyl (C=O) groups is 2. The predicted octanol–water partition coefficient (Wildman–Crippen LogP) is 3.64. The molecule has 0 unspecified atom stereocenters. The minimum absolute atomic E-state index is 0.0977. The lowest BCUT2D eigenvalue weighted by molar-refractivity contribution is -0.140. The molecule has 2 amide bonds. The number of carbonyl (C=O) groups excluding carboxylic acids is 2. The van der Waals surface area contributed by atoms with Crippen LogP contribution in [0.4, 0.5) is 5.69 Å². The first-order valence-electron chi connectivity index (χ1n) is 12.9. The molecule has 0 aromatic heterocycles. The summed E-state index contributed by atoms with van der Waals surface area (Å²) in [6.07, 6.45) is 5.40. The van der Waals surface area contributed by atoms with E-state index >= 15 is 0 Å². The number of aryl methyl sites for hydroxylation is 1. The molecule has 0 heterocycles. The van der Waals surface area contributed by atoms with Crippen molar-refractivity contribution in [3.8, 4) is 11.5 Å². The Morgan fingerprint density at radius 3 is 2.34 bits per heavy atom. The van der Waals surface area contributed by atoms with Crippen LogP contribution in [0.3, 0.4) is 0 Å². The normalized spacial score (nSPS) is 14.6. The highest BCUT2D eigenvalue weighted by Crippen LogP contribution is 2.34. The molecule has 2 aromatic rings. The fourth-order valence-electron chi connectivity index (χ4n) is 4.84. The molecular formula is C28H39N3O6S. The summed E-state index contributed by atoms with van der Waals surface area (Å²) in [5.41, 5.74) is 2.05. The summed E-state index contributed by atoms with van der Waals surface area (Å²) in [7, 11) is -1.01. The lowest BCUT2D eigenvalue weighted by Crippen LogP contribution is -2.53. The highest BCUT2D eigenvalue weighted by molar-refractivity contribution is 7.92. The molecule has 1 fully saturated rings. The second-order valence-corrected chi connectivity index (χ2v) is 11.6. The molecule has 1 saturated carbocycles. The van der Waals surface area contributed by atoms with Gasteiger partial charge in [0.15, 0.2) is 0 Å². The van der Waals surface area contributed by atoms with Crippen LogP contribution in [0.15, 0.2) is 42.5 Å². The van der Waals surface area contributed by atoms with Gasteiger partial charge in [0, 0.05) is 18.7 Å². The zero-order valence-electron chi connectivity index (χ0n) is 22.9. The van der Waals surface area contributed by atoms with Crippen LogP contribution in [0.2, 0.25) is 0 Å². The first-order chi connectivity index (χ1) is 18.1. The largest absolute Gasteiger partial charge is 0.497 e. The Hall–Kier alpha value is -3.27. The third-order valence-corrected chi connectivity index (χ3v) is 8.15. The van der Waals surface area contributed by atoms with Crippen molar-refractivity contribution >= 4 is 27.5 Å². The van der Waals surface area contributed by atoms with Crippen molar-refractivity contribution < 1.29 is 27.5 Å². The summed E-state index contributed by atoms with van der Waals surface area (Å²) in [6.45, 7) is 3.48. The predicted molar refractivity (Wildman–Crippen MR) is 148 cm³/mol. The van der Waals surface area contributed by atoms with Crippen LogP contribution in [0.1, 0.15) is 50.2 Å². The van der Waals surface area contributed by atoms with Crippen LogP contribution in [0.5, 0.6) is 11.5 Å². The van der Waals surface area contributed by atoms with E-state index in [0.717, 1.165) is 47.4 Å². The highest BCUT2D eigenvalue weighted by atomic mass is 32.2. The van der Waals surface area contributed by atoms with E-state index in [9.17, 15) is 18.0 Å². The van der Waals surface area contributed by atoms with Crippen LogP contribution >= 0.6 is 0 Å². The van der Waals surface area contributed by atoms with Crippen LogP contribution in [-0.4, -0.2) is 64.2 Å². The third kappa shape index (κ3) is 7.18. The third-order valence-electron chi connectivity index (χ3n) is 7.02. The molecule has 10 heteroatoms. The number of nitrogens with zero attached hydrogens (tertiary/aromatic N) is 2. The van der Waals surface area contributed by atoms with Crippen LogP contribution in [0.25, 0.3) is 0 Å². The van der Waals surface area contributed by atoms with E-state index in [1.165, 1.54) is 25.2 Å². The van der Waals surface area contributed by atoms with Crippen molar-refractivity contribution in [3.63, 3.8) is 0 Å². The highest BCUT2D eigenvalue weighted by Gasteiger charge is 2.34. The van der Waals surface area contributed by atoms with Crippen molar-refractivity contribution in [2.24, 2.45) is 0 Å². The van der Waals surface area contributed by atoms with Gasteiger partial charge in [0.05, 0.1) is 26.2 Å². The van der Waals surface area contributed by atoms with Crippen molar-refractivity contribution in [3.05, 3.63) is 53.6 Å². The van der Waals surface area contributed by atoms with Crippen LogP contribution in [-0.2, 0) is 26.2 Å². The smallest absolute Gasteiger partial charge is 0.244 e. The molecule has 3 rings (SSSR count). The molecule has 0 aliphatic heterocycles. The lowest BCUT2D eigenvalue weighted by atomic mass is 10.1. The van der Waals surface area contributed by atoms with Gasteiger partial charge in [0.1, 0.15) is 24.1 Å². The standard InChI is InChI=1S/C28H39N3O6S/c1-6-24(28(33)29-22-13-9-10-14-22)30(18-21-12-8-7-11-20(21)2)27(32)19-31(38(5,34)35)25-17-23(36-3)15-16-26(25)37-4/h7-8,11-12,15-17,22,24H,6,9-10,13-14,18-19H2,1-5H3,(H,29,33)/t24-/m1/s1. The van der Waals surface area contributed by atoms with Crippen LogP contribution in [0, 0.1) is 6.92 Å². The second kappa shape index (κ2) is 13.0. The maximum absolute atomic E-state index is 14.0. The maximum atomic E-state index is 14.0. The Balaban J connectivity index is 1.99. The molecular weight excluding hydrogens is 506 g/mol. The molecule has 1 aliphatic rings. The van der Waals surface area contributed by atoms with Crippen molar-refractivity contribution in [1.29, 1.82) is 0 Å². The lowest BCUT2D eigenvalue weighted by Gasteiger charge is -2.34. The number of sulfonamides is 1. The van der Waals surface area contributed by atoms with E-state index in [4.69, 9.17) is 9.47 Å². The molecule has 1 atom stereocenters. The molecule has 208 valence electrons. The van der Waals surface area contributed by atoms with E-state index in [0.29, 0.717) is 12.2 Å². The number of methoxy groups -OCH3 is 2. The molecule has 38 heavy (non-hydrogen) atoms. The molecule has 9 nitrogen and oxygen atoms in total. The Bertz CT molecular complexity index is 1230. The van der Waals surface area contributed by atoms with Gasteiger partial charge in [0.2, 0.25) is 21.8 Å². The number of nitrogens with one attached hydrogen (secondary N) is 1. The van der Waals surface area contributed by atoms with Gasteiger partial charge in [-0.15, -0.1) is 0 Å². The van der Waals surface area contributed by atoms with Gasteiger partial charge >= 0.3 is 0 Å². The van der Waals surface area contributed by atoms with Crippen molar-refractivity contribution in [1.82, 2.24) is 10.2 Å². The number of hydrogen-bond donors (Lipinski definition) is 1. The number of benzene rings is 2.